The summed E-state index contributed by atoms with van der Waals surface area (Å²) in [5.41, 5.74) is -0.918. The van der Waals surface area contributed by atoms with Crippen LogP contribution in [-0.2, 0) is 16.4 Å². The van der Waals surface area contributed by atoms with Gasteiger partial charge >= 0.3 is 5.56 Å². The van der Waals surface area contributed by atoms with Gasteiger partial charge in [0.1, 0.15) is 5.82 Å². The number of carbonyl (C=O) groups excluding carboxylic acids is 1. The first-order valence-corrected chi connectivity index (χ1v) is 12.1. The van der Waals surface area contributed by atoms with Gasteiger partial charge in [0.05, 0.1) is 16.7 Å². The van der Waals surface area contributed by atoms with E-state index >= 15 is 0 Å². The number of sulfone groups is 1. The highest BCUT2D eigenvalue weighted by Gasteiger charge is 2.34. The number of hydrogen-bond donors (Lipinski definition) is 1. The number of aromatic hydroxyl groups is 1. The van der Waals surface area contributed by atoms with Crippen LogP contribution < -0.4 is 5.56 Å². The molecule has 1 N–H and O–H groups in total. The lowest BCUT2D eigenvalue weighted by Gasteiger charge is -2.24. The molecule has 0 bridgehead atoms. The standard InChI is InChI=1S/C21H26N4O5S/c1-23-10-5-9-16(23)19-22-20(27)18(26)17-21(28)24(11-6-12-25(17)19)13-14-31(29,30)15-7-3-2-4-8-15/h2-4,7-8,16,26H,5-6,9-14H2,1H3. The summed E-state index contributed by atoms with van der Waals surface area (Å²) in [6.07, 6.45) is 2.35. The van der Waals surface area contributed by atoms with E-state index in [1.54, 1.807) is 22.8 Å². The Balaban J connectivity index is 1.64. The summed E-state index contributed by atoms with van der Waals surface area (Å²) in [5, 5.41) is 10.4. The number of nitrogens with zero attached hydrogens (tertiary/aromatic N) is 4. The first-order chi connectivity index (χ1) is 14.8. The molecule has 1 aromatic carbocycles. The van der Waals surface area contributed by atoms with Crippen molar-refractivity contribution in [2.75, 3.05) is 32.4 Å². The predicted molar refractivity (Wildman–Crippen MR) is 114 cm³/mol. The number of benzene rings is 1. The first-order valence-electron chi connectivity index (χ1n) is 10.4. The molecule has 1 atom stereocenters. The van der Waals surface area contributed by atoms with Gasteiger partial charge in [-0.05, 0) is 45.0 Å². The number of amides is 1. The molecule has 10 heteroatoms. The fourth-order valence-electron chi connectivity index (χ4n) is 4.36. The molecular weight excluding hydrogens is 420 g/mol. The van der Waals surface area contributed by atoms with Crippen LogP contribution in [0.2, 0.25) is 0 Å². The molecule has 9 nitrogen and oxygen atoms in total. The third-order valence-electron chi connectivity index (χ3n) is 6.04. The SMILES string of the molecule is CN1CCCC1c1nc(=O)c(O)c2n1CCCN(CCS(=O)(=O)c1ccccc1)C2=O. The van der Waals surface area contributed by atoms with E-state index in [1.807, 2.05) is 7.05 Å². The zero-order valence-corrected chi connectivity index (χ0v) is 18.2. The molecule has 1 fully saturated rings. The van der Waals surface area contributed by atoms with Crippen molar-refractivity contribution in [3.05, 3.63) is 52.2 Å². The van der Waals surface area contributed by atoms with Crippen molar-refractivity contribution in [3.8, 4) is 5.75 Å². The van der Waals surface area contributed by atoms with E-state index in [9.17, 15) is 23.1 Å². The van der Waals surface area contributed by atoms with Crippen molar-refractivity contribution in [3.63, 3.8) is 0 Å². The maximum atomic E-state index is 13.3. The minimum atomic E-state index is -3.56. The van der Waals surface area contributed by atoms with Crippen molar-refractivity contribution in [2.45, 2.75) is 36.7 Å². The van der Waals surface area contributed by atoms with Gasteiger partial charge in [-0.25, -0.2) is 8.42 Å². The number of carbonyl (C=O) groups is 1. The van der Waals surface area contributed by atoms with Crippen LogP contribution >= 0.6 is 0 Å². The Morgan fingerprint density at radius 2 is 1.84 bits per heavy atom. The third kappa shape index (κ3) is 4.09. The van der Waals surface area contributed by atoms with E-state index < -0.39 is 27.1 Å². The fourth-order valence-corrected chi connectivity index (χ4v) is 5.62. The van der Waals surface area contributed by atoms with Gasteiger partial charge in [-0.2, -0.15) is 4.98 Å². The number of likely N-dealkylation sites (tertiary alicyclic amines) is 1. The van der Waals surface area contributed by atoms with Crippen molar-refractivity contribution < 1.29 is 18.3 Å². The van der Waals surface area contributed by atoms with Gasteiger partial charge in [-0.1, -0.05) is 18.2 Å². The Labute approximate surface area is 180 Å². The van der Waals surface area contributed by atoms with Gasteiger partial charge in [-0.3, -0.25) is 14.5 Å². The summed E-state index contributed by atoms with van der Waals surface area (Å²) >= 11 is 0. The van der Waals surface area contributed by atoms with Crippen molar-refractivity contribution in [1.82, 2.24) is 19.4 Å². The smallest absolute Gasteiger partial charge is 0.315 e. The lowest BCUT2D eigenvalue weighted by atomic mass is 10.2. The molecule has 0 radical (unpaired) electrons. The molecule has 1 amide bonds. The van der Waals surface area contributed by atoms with Crippen LogP contribution in [0.4, 0.5) is 0 Å². The molecule has 0 aliphatic carbocycles. The van der Waals surface area contributed by atoms with Gasteiger partial charge in [0, 0.05) is 19.6 Å². The van der Waals surface area contributed by atoms with E-state index in [4.69, 9.17) is 0 Å². The molecule has 1 saturated heterocycles. The van der Waals surface area contributed by atoms with Crippen LogP contribution in [-0.4, -0.2) is 71.2 Å². The van der Waals surface area contributed by atoms with Gasteiger partial charge in [0.2, 0.25) is 5.75 Å². The van der Waals surface area contributed by atoms with Gasteiger partial charge in [0.25, 0.3) is 5.91 Å². The van der Waals surface area contributed by atoms with Crippen LogP contribution in [0, 0.1) is 0 Å². The first kappa shape index (κ1) is 21.5. The second-order valence-corrected chi connectivity index (χ2v) is 10.1. The highest BCUT2D eigenvalue weighted by molar-refractivity contribution is 7.91. The van der Waals surface area contributed by atoms with Crippen molar-refractivity contribution >= 4 is 15.7 Å². The Morgan fingerprint density at radius 3 is 2.52 bits per heavy atom. The maximum absolute atomic E-state index is 13.3. The molecule has 31 heavy (non-hydrogen) atoms. The molecule has 2 aromatic rings. The van der Waals surface area contributed by atoms with Crippen LogP contribution in [0.5, 0.6) is 5.75 Å². The molecule has 1 unspecified atom stereocenters. The van der Waals surface area contributed by atoms with Crippen molar-refractivity contribution in [2.24, 2.45) is 0 Å². The summed E-state index contributed by atoms with van der Waals surface area (Å²) in [6, 6.07) is 8.00. The lowest BCUT2D eigenvalue weighted by Crippen LogP contribution is -2.37. The van der Waals surface area contributed by atoms with Crippen LogP contribution in [0.25, 0.3) is 0 Å². The average Bonchev–Trinajstić information content (AvgIpc) is 3.10. The zero-order valence-electron chi connectivity index (χ0n) is 17.4. The zero-order chi connectivity index (χ0) is 22.2. The summed E-state index contributed by atoms with van der Waals surface area (Å²) in [5.74, 6) is -0.964. The van der Waals surface area contributed by atoms with E-state index in [0.717, 1.165) is 19.4 Å². The Hall–Kier alpha value is -2.72. The highest BCUT2D eigenvalue weighted by Crippen LogP contribution is 2.31. The molecule has 2 aliphatic rings. The fraction of sp³-hybridized carbons (Fsp3) is 0.476. The highest BCUT2D eigenvalue weighted by atomic mass is 32.2. The Kier molecular flexibility index (Phi) is 5.85. The Bertz CT molecular complexity index is 1150. The summed E-state index contributed by atoms with van der Waals surface area (Å²) in [6.45, 7) is 1.60. The molecule has 166 valence electrons. The molecule has 2 aliphatic heterocycles. The van der Waals surface area contributed by atoms with Gasteiger partial charge in [-0.15, -0.1) is 0 Å². The maximum Gasteiger partial charge on any atom is 0.315 e. The van der Waals surface area contributed by atoms with E-state index in [-0.39, 0.29) is 28.9 Å². The summed E-state index contributed by atoms with van der Waals surface area (Å²) < 4.78 is 26.9. The summed E-state index contributed by atoms with van der Waals surface area (Å²) in [4.78, 5) is 33.5. The average molecular weight is 447 g/mol. The number of aromatic nitrogens is 2. The van der Waals surface area contributed by atoms with Gasteiger partial charge < -0.3 is 14.6 Å². The molecule has 3 heterocycles. The second kappa shape index (κ2) is 8.43. The number of fused-ring (bicyclic) bond motifs is 1. The van der Waals surface area contributed by atoms with E-state index in [1.165, 1.54) is 17.0 Å². The normalized spacial score (nSPS) is 20.0. The summed E-state index contributed by atoms with van der Waals surface area (Å²) in [7, 11) is -1.62. The minimum Gasteiger partial charge on any atom is -0.501 e. The largest absolute Gasteiger partial charge is 0.501 e. The third-order valence-corrected chi connectivity index (χ3v) is 7.75. The molecular formula is C21H26N4O5S. The van der Waals surface area contributed by atoms with Crippen LogP contribution in [0.1, 0.15) is 41.6 Å². The Morgan fingerprint density at radius 1 is 1.10 bits per heavy atom. The second-order valence-electron chi connectivity index (χ2n) is 8.04. The minimum absolute atomic E-state index is 0.0231. The van der Waals surface area contributed by atoms with Gasteiger partial charge in [0.15, 0.2) is 15.5 Å². The van der Waals surface area contributed by atoms with E-state index in [0.29, 0.717) is 25.3 Å². The topological polar surface area (TPSA) is 113 Å². The molecule has 4 rings (SSSR count). The number of hydrogen-bond acceptors (Lipinski definition) is 7. The molecule has 0 spiro atoms. The van der Waals surface area contributed by atoms with E-state index in [2.05, 4.69) is 9.88 Å². The lowest BCUT2D eigenvalue weighted by molar-refractivity contribution is 0.0763. The van der Waals surface area contributed by atoms with Crippen LogP contribution in [0.3, 0.4) is 0 Å². The molecule has 1 aromatic heterocycles. The predicted octanol–water partition coefficient (Wildman–Crippen LogP) is 1.04. The van der Waals surface area contributed by atoms with Crippen molar-refractivity contribution in [1.29, 1.82) is 0 Å². The molecule has 0 saturated carbocycles. The quantitative estimate of drug-likeness (QED) is 0.730. The monoisotopic (exact) mass is 446 g/mol. The number of rotatable bonds is 5. The van der Waals surface area contributed by atoms with Crippen LogP contribution in [0.15, 0.2) is 40.0 Å².